The summed E-state index contributed by atoms with van der Waals surface area (Å²) >= 11 is 0. The number of nitrogens with zero attached hydrogens (tertiary/aromatic N) is 1. The van der Waals surface area contributed by atoms with E-state index in [1.807, 2.05) is 6.08 Å². The Bertz CT molecular complexity index is 550. The number of hydrogen-bond acceptors (Lipinski definition) is 1. The Kier molecular flexibility index (Phi) is 3.94. The first kappa shape index (κ1) is 13.7. The standard InChI is InChI=1S/C18H23N/c1-6-13(2)18-12-16(11-15(4)19(18)5)17-10-8-7-9-14(17)3/h6-7,9,11-12H,1,8,10H2,2-5H3/b18-13-. The summed E-state index contributed by atoms with van der Waals surface area (Å²) in [6.45, 7) is 10.4. The van der Waals surface area contributed by atoms with Crippen molar-refractivity contribution in [3.05, 3.63) is 70.6 Å². The lowest BCUT2D eigenvalue weighted by molar-refractivity contribution is 0.525. The van der Waals surface area contributed by atoms with Crippen molar-refractivity contribution in [2.75, 3.05) is 7.05 Å². The SMILES string of the molecule is C=C/C(C)=C1/C=C(C2=C(C)C=CCC2)C=C(C)N1C. The van der Waals surface area contributed by atoms with Crippen LogP contribution >= 0.6 is 0 Å². The second-order valence-corrected chi connectivity index (χ2v) is 5.32. The monoisotopic (exact) mass is 253 g/mol. The van der Waals surface area contributed by atoms with Crippen LogP contribution in [0.3, 0.4) is 0 Å². The molecule has 0 amide bonds. The molecule has 0 saturated carbocycles. The minimum absolute atomic E-state index is 1.14. The molecule has 1 heteroatoms. The van der Waals surface area contributed by atoms with Gasteiger partial charge in [0.15, 0.2) is 0 Å². The third-order valence-electron chi connectivity index (χ3n) is 4.01. The van der Waals surface area contributed by atoms with E-state index in [9.17, 15) is 0 Å². The summed E-state index contributed by atoms with van der Waals surface area (Å²) in [5.74, 6) is 0. The highest BCUT2D eigenvalue weighted by Gasteiger charge is 2.17. The smallest absolute Gasteiger partial charge is 0.0441 e. The summed E-state index contributed by atoms with van der Waals surface area (Å²) < 4.78 is 0. The van der Waals surface area contributed by atoms with Crippen molar-refractivity contribution in [3.8, 4) is 0 Å². The number of rotatable bonds is 2. The highest BCUT2D eigenvalue weighted by molar-refractivity contribution is 5.54. The molecule has 0 spiro atoms. The van der Waals surface area contributed by atoms with E-state index in [-0.39, 0.29) is 0 Å². The third kappa shape index (κ3) is 2.65. The van der Waals surface area contributed by atoms with Crippen LogP contribution in [0, 0.1) is 0 Å². The highest BCUT2D eigenvalue weighted by Crippen LogP contribution is 2.32. The molecule has 0 aromatic carbocycles. The van der Waals surface area contributed by atoms with E-state index in [1.165, 1.54) is 33.7 Å². The fourth-order valence-corrected chi connectivity index (χ4v) is 2.61. The molecule has 0 aromatic rings. The minimum atomic E-state index is 1.14. The lowest BCUT2D eigenvalue weighted by Gasteiger charge is -2.29. The number of hydrogen-bond donors (Lipinski definition) is 0. The van der Waals surface area contributed by atoms with Crippen molar-refractivity contribution in [1.29, 1.82) is 0 Å². The molecule has 1 heterocycles. The third-order valence-corrected chi connectivity index (χ3v) is 4.01. The normalized spacial score (nSPS) is 22.2. The zero-order chi connectivity index (χ0) is 14.0. The zero-order valence-electron chi connectivity index (χ0n) is 12.5. The quantitative estimate of drug-likeness (QED) is 0.677. The van der Waals surface area contributed by atoms with Gasteiger partial charge in [-0.25, -0.2) is 0 Å². The predicted molar refractivity (Wildman–Crippen MR) is 83.6 cm³/mol. The zero-order valence-corrected chi connectivity index (χ0v) is 12.5. The maximum absolute atomic E-state index is 3.89. The Morgan fingerprint density at radius 3 is 2.68 bits per heavy atom. The van der Waals surface area contributed by atoms with Gasteiger partial charge < -0.3 is 4.90 Å². The van der Waals surface area contributed by atoms with Gasteiger partial charge in [-0.2, -0.15) is 0 Å². The molecule has 0 aromatic heterocycles. The lowest BCUT2D eigenvalue weighted by atomic mass is 9.89. The van der Waals surface area contributed by atoms with E-state index >= 15 is 0 Å². The molecular weight excluding hydrogens is 230 g/mol. The maximum Gasteiger partial charge on any atom is 0.0441 e. The molecule has 1 aliphatic carbocycles. The van der Waals surface area contributed by atoms with Gasteiger partial charge in [0.05, 0.1) is 0 Å². The van der Waals surface area contributed by atoms with Crippen molar-refractivity contribution in [2.45, 2.75) is 33.6 Å². The van der Waals surface area contributed by atoms with Gasteiger partial charge in [-0.05, 0) is 68.1 Å². The van der Waals surface area contributed by atoms with Crippen molar-refractivity contribution >= 4 is 0 Å². The van der Waals surface area contributed by atoms with Crippen LogP contribution in [0.15, 0.2) is 70.6 Å². The van der Waals surface area contributed by atoms with Crippen LogP contribution in [0.25, 0.3) is 0 Å². The second-order valence-electron chi connectivity index (χ2n) is 5.32. The molecule has 2 aliphatic rings. The summed E-state index contributed by atoms with van der Waals surface area (Å²) in [5.41, 5.74) is 7.97. The van der Waals surface area contributed by atoms with Gasteiger partial charge >= 0.3 is 0 Å². The van der Waals surface area contributed by atoms with Crippen molar-refractivity contribution < 1.29 is 0 Å². The van der Waals surface area contributed by atoms with Crippen molar-refractivity contribution in [1.82, 2.24) is 4.90 Å². The maximum atomic E-state index is 3.89. The second kappa shape index (κ2) is 5.48. The molecule has 0 saturated heterocycles. The Hall–Kier alpha value is -1.76. The minimum Gasteiger partial charge on any atom is -0.348 e. The molecule has 1 nitrogen and oxygen atoms in total. The van der Waals surface area contributed by atoms with Crippen molar-refractivity contribution in [3.63, 3.8) is 0 Å². The number of likely N-dealkylation sites (N-methyl/N-ethyl adjacent to an activating group) is 1. The van der Waals surface area contributed by atoms with Gasteiger partial charge in [0.1, 0.15) is 0 Å². The highest BCUT2D eigenvalue weighted by atomic mass is 15.1. The fraction of sp³-hybridized carbons (Fsp3) is 0.333. The summed E-state index contributed by atoms with van der Waals surface area (Å²) in [6.07, 6.45) is 13.3. The average molecular weight is 253 g/mol. The first-order valence-corrected chi connectivity index (χ1v) is 6.88. The van der Waals surface area contributed by atoms with E-state index in [1.54, 1.807) is 0 Å². The average Bonchev–Trinajstić information content (AvgIpc) is 2.41. The Morgan fingerprint density at radius 2 is 2.05 bits per heavy atom. The Labute approximate surface area is 117 Å². The largest absolute Gasteiger partial charge is 0.348 e. The Morgan fingerprint density at radius 1 is 1.32 bits per heavy atom. The van der Waals surface area contributed by atoms with E-state index in [0.29, 0.717) is 0 Å². The molecule has 0 fully saturated rings. The molecule has 0 N–H and O–H groups in total. The van der Waals surface area contributed by atoms with E-state index in [0.717, 1.165) is 12.8 Å². The topological polar surface area (TPSA) is 3.24 Å². The molecule has 0 atom stereocenters. The molecule has 0 bridgehead atoms. The summed E-state index contributed by atoms with van der Waals surface area (Å²) in [4.78, 5) is 2.23. The van der Waals surface area contributed by atoms with E-state index in [4.69, 9.17) is 0 Å². The van der Waals surface area contributed by atoms with Crippen LogP contribution in [0.2, 0.25) is 0 Å². The fourth-order valence-electron chi connectivity index (χ4n) is 2.61. The van der Waals surface area contributed by atoms with Gasteiger partial charge in [0, 0.05) is 18.4 Å². The molecule has 0 unspecified atom stereocenters. The summed E-state index contributed by atoms with van der Waals surface area (Å²) in [6, 6.07) is 0. The van der Waals surface area contributed by atoms with Crippen molar-refractivity contribution in [2.24, 2.45) is 0 Å². The Balaban J connectivity index is 2.52. The van der Waals surface area contributed by atoms with Crippen LogP contribution < -0.4 is 0 Å². The lowest BCUT2D eigenvalue weighted by Crippen LogP contribution is -2.19. The first-order chi connectivity index (χ1) is 9.04. The van der Waals surface area contributed by atoms with Gasteiger partial charge in [0.2, 0.25) is 0 Å². The van der Waals surface area contributed by atoms with Crippen LogP contribution in [-0.2, 0) is 0 Å². The number of allylic oxidation sites excluding steroid dienone is 10. The van der Waals surface area contributed by atoms with Crippen LogP contribution in [-0.4, -0.2) is 11.9 Å². The van der Waals surface area contributed by atoms with Gasteiger partial charge in [-0.1, -0.05) is 24.8 Å². The molecule has 1 aliphatic heterocycles. The van der Waals surface area contributed by atoms with E-state index in [2.05, 4.69) is 63.6 Å². The predicted octanol–water partition coefficient (Wildman–Crippen LogP) is 4.89. The summed E-state index contributed by atoms with van der Waals surface area (Å²) in [7, 11) is 2.11. The van der Waals surface area contributed by atoms with Gasteiger partial charge in [-0.15, -0.1) is 0 Å². The van der Waals surface area contributed by atoms with Gasteiger partial charge in [-0.3, -0.25) is 0 Å². The van der Waals surface area contributed by atoms with Crippen LogP contribution in [0.1, 0.15) is 33.6 Å². The molecule has 19 heavy (non-hydrogen) atoms. The van der Waals surface area contributed by atoms with Crippen LogP contribution in [0.4, 0.5) is 0 Å². The molecular formula is C18H23N. The first-order valence-electron chi connectivity index (χ1n) is 6.88. The van der Waals surface area contributed by atoms with Gasteiger partial charge in [0.25, 0.3) is 0 Å². The summed E-state index contributed by atoms with van der Waals surface area (Å²) in [5, 5.41) is 0. The molecule has 0 radical (unpaired) electrons. The van der Waals surface area contributed by atoms with E-state index < -0.39 is 0 Å². The molecule has 2 rings (SSSR count). The van der Waals surface area contributed by atoms with Crippen LogP contribution in [0.5, 0.6) is 0 Å². The molecule has 100 valence electrons.